The van der Waals surface area contributed by atoms with Gasteiger partial charge in [0.1, 0.15) is 0 Å². The maximum Gasteiger partial charge on any atom is 0.417 e. The van der Waals surface area contributed by atoms with Crippen LogP contribution in [0, 0.1) is 6.92 Å². The van der Waals surface area contributed by atoms with Crippen LogP contribution in [0.25, 0.3) is 11.1 Å². The SMILES string of the molecule is Cc1ccc(Cl)cc1N1CCN(CCC(C)NC(=O)c2ccc3[nH]c(=O)oc3c2)CC1. The molecule has 2 aromatic carbocycles. The highest BCUT2D eigenvalue weighted by molar-refractivity contribution is 6.30. The molecule has 1 aliphatic heterocycles. The minimum Gasteiger partial charge on any atom is -0.408 e. The van der Waals surface area contributed by atoms with Gasteiger partial charge < -0.3 is 14.6 Å². The van der Waals surface area contributed by atoms with Gasteiger partial charge in [0.25, 0.3) is 5.91 Å². The van der Waals surface area contributed by atoms with E-state index in [-0.39, 0.29) is 11.9 Å². The van der Waals surface area contributed by atoms with Crippen LogP contribution >= 0.6 is 11.6 Å². The lowest BCUT2D eigenvalue weighted by atomic mass is 10.1. The summed E-state index contributed by atoms with van der Waals surface area (Å²) in [6, 6.07) is 11.0. The fourth-order valence-corrected chi connectivity index (χ4v) is 4.14. The number of H-pyrrole nitrogens is 1. The third kappa shape index (κ3) is 5.11. The zero-order chi connectivity index (χ0) is 22.0. The Bertz CT molecular complexity index is 1130. The molecular weight excluding hydrogens is 416 g/mol. The Labute approximate surface area is 186 Å². The van der Waals surface area contributed by atoms with Crippen LogP contribution in [0.4, 0.5) is 5.69 Å². The van der Waals surface area contributed by atoms with E-state index in [4.69, 9.17) is 16.0 Å². The van der Waals surface area contributed by atoms with E-state index in [1.54, 1.807) is 18.2 Å². The molecule has 7 nitrogen and oxygen atoms in total. The van der Waals surface area contributed by atoms with Crippen LogP contribution in [0.2, 0.25) is 5.02 Å². The van der Waals surface area contributed by atoms with E-state index >= 15 is 0 Å². The van der Waals surface area contributed by atoms with Crippen LogP contribution in [0.3, 0.4) is 0 Å². The number of carbonyl (C=O) groups is 1. The monoisotopic (exact) mass is 442 g/mol. The molecule has 1 atom stereocenters. The fraction of sp³-hybridized carbons (Fsp3) is 0.391. The number of rotatable bonds is 6. The first-order valence-corrected chi connectivity index (χ1v) is 10.9. The Hall–Kier alpha value is -2.77. The number of benzene rings is 2. The Morgan fingerprint density at radius 1 is 1.19 bits per heavy atom. The quantitative estimate of drug-likeness (QED) is 0.611. The van der Waals surface area contributed by atoms with E-state index in [0.717, 1.165) is 44.2 Å². The molecule has 8 heteroatoms. The third-order valence-corrected chi connectivity index (χ3v) is 6.06. The van der Waals surface area contributed by atoms with Gasteiger partial charge in [-0.25, -0.2) is 4.79 Å². The Balaban J connectivity index is 1.25. The molecule has 0 bridgehead atoms. The molecule has 4 rings (SSSR count). The van der Waals surface area contributed by atoms with Crippen molar-refractivity contribution in [2.24, 2.45) is 0 Å². The molecule has 0 saturated carbocycles. The molecule has 2 heterocycles. The minimum absolute atomic E-state index is 0.0367. The van der Waals surface area contributed by atoms with Gasteiger partial charge in [-0.3, -0.25) is 14.7 Å². The number of nitrogens with zero attached hydrogens (tertiary/aromatic N) is 2. The van der Waals surface area contributed by atoms with Crippen LogP contribution in [0.1, 0.15) is 29.3 Å². The van der Waals surface area contributed by atoms with E-state index < -0.39 is 5.76 Å². The van der Waals surface area contributed by atoms with Crippen molar-refractivity contribution in [2.45, 2.75) is 26.3 Å². The zero-order valence-electron chi connectivity index (χ0n) is 17.8. The minimum atomic E-state index is -0.522. The average Bonchev–Trinajstić information content (AvgIpc) is 3.13. The number of carbonyl (C=O) groups excluding carboxylic acids is 1. The lowest BCUT2D eigenvalue weighted by Crippen LogP contribution is -2.47. The number of amides is 1. The predicted molar refractivity (Wildman–Crippen MR) is 123 cm³/mol. The number of aromatic nitrogens is 1. The molecule has 31 heavy (non-hydrogen) atoms. The first-order chi connectivity index (χ1) is 14.9. The molecular formula is C23H27ClN4O3. The number of fused-ring (bicyclic) bond motifs is 1. The molecule has 1 amide bonds. The molecule has 1 aromatic heterocycles. The van der Waals surface area contributed by atoms with Gasteiger partial charge in [0, 0.05) is 55.0 Å². The van der Waals surface area contributed by atoms with E-state index in [2.05, 4.69) is 33.1 Å². The summed E-state index contributed by atoms with van der Waals surface area (Å²) >= 11 is 6.17. The number of anilines is 1. The summed E-state index contributed by atoms with van der Waals surface area (Å²) in [7, 11) is 0. The molecule has 1 saturated heterocycles. The molecule has 1 fully saturated rings. The number of aryl methyl sites for hydroxylation is 1. The van der Waals surface area contributed by atoms with Crippen LogP contribution in [-0.2, 0) is 0 Å². The highest BCUT2D eigenvalue weighted by Crippen LogP contribution is 2.25. The highest BCUT2D eigenvalue weighted by Gasteiger charge is 2.19. The smallest absolute Gasteiger partial charge is 0.408 e. The van der Waals surface area contributed by atoms with E-state index in [9.17, 15) is 9.59 Å². The maximum absolute atomic E-state index is 12.5. The van der Waals surface area contributed by atoms with Gasteiger partial charge >= 0.3 is 5.76 Å². The van der Waals surface area contributed by atoms with Crippen molar-refractivity contribution >= 4 is 34.3 Å². The van der Waals surface area contributed by atoms with Crippen LogP contribution in [0.15, 0.2) is 45.6 Å². The number of hydrogen-bond acceptors (Lipinski definition) is 5. The number of oxazole rings is 1. The zero-order valence-corrected chi connectivity index (χ0v) is 18.5. The summed E-state index contributed by atoms with van der Waals surface area (Å²) in [5.74, 6) is -0.689. The van der Waals surface area contributed by atoms with Crippen molar-refractivity contribution in [1.82, 2.24) is 15.2 Å². The average molecular weight is 443 g/mol. The Morgan fingerprint density at radius 3 is 2.74 bits per heavy atom. The largest absolute Gasteiger partial charge is 0.417 e. The number of piperazine rings is 1. The molecule has 0 aliphatic carbocycles. The molecule has 1 unspecified atom stereocenters. The van der Waals surface area contributed by atoms with Crippen molar-refractivity contribution in [3.05, 3.63) is 63.1 Å². The maximum atomic E-state index is 12.5. The Morgan fingerprint density at radius 2 is 1.97 bits per heavy atom. The van der Waals surface area contributed by atoms with Gasteiger partial charge in [0.15, 0.2) is 5.58 Å². The second-order valence-corrected chi connectivity index (χ2v) is 8.58. The predicted octanol–water partition coefficient (Wildman–Crippen LogP) is 3.41. The number of hydrogen-bond donors (Lipinski definition) is 2. The van der Waals surface area contributed by atoms with Crippen molar-refractivity contribution in [3.63, 3.8) is 0 Å². The van der Waals surface area contributed by atoms with Crippen LogP contribution < -0.4 is 16.0 Å². The van der Waals surface area contributed by atoms with Crippen molar-refractivity contribution in [1.29, 1.82) is 0 Å². The topological polar surface area (TPSA) is 81.6 Å². The first-order valence-electron chi connectivity index (χ1n) is 10.6. The van der Waals surface area contributed by atoms with E-state index in [1.807, 2.05) is 19.1 Å². The second kappa shape index (κ2) is 9.16. The van der Waals surface area contributed by atoms with Gasteiger partial charge in [0.05, 0.1) is 5.52 Å². The summed E-state index contributed by atoms with van der Waals surface area (Å²) in [5.41, 5.74) is 3.90. The summed E-state index contributed by atoms with van der Waals surface area (Å²) in [4.78, 5) is 31.2. The summed E-state index contributed by atoms with van der Waals surface area (Å²) < 4.78 is 5.04. The van der Waals surface area contributed by atoms with E-state index in [1.165, 1.54) is 11.3 Å². The third-order valence-electron chi connectivity index (χ3n) is 5.82. The van der Waals surface area contributed by atoms with Crippen molar-refractivity contribution < 1.29 is 9.21 Å². The Kier molecular flexibility index (Phi) is 6.34. The molecule has 0 spiro atoms. The van der Waals surface area contributed by atoms with E-state index in [0.29, 0.717) is 16.7 Å². The summed E-state index contributed by atoms with van der Waals surface area (Å²) in [6.45, 7) is 8.94. The van der Waals surface area contributed by atoms with Crippen LogP contribution in [-0.4, -0.2) is 54.6 Å². The van der Waals surface area contributed by atoms with Gasteiger partial charge in [-0.05, 0) is 56.2 Å². The van der Waals surface area contributed by atoms with Gasteiger partial charge in [-0.2, -0.15) is 0 Å². The fourth-order valence-electron chi connectivity index (χ4n) is 3.98. The van der Waals surface area contributed by atoms with Gasteiger partial charge in [-0.1, -0.05) is 17.7 Å². The summed E-state index contributed by atoms with van der Waals surface area (Å²) in [6.07, 6.45) is 0.864. The van der Waals surface area contributed by atoms with Crippen LogP contribution in [0.5, 0.6) is 0 Å². The number of halogens is 1. The van der Waals surface area contributed by atoms with Gasteiger partial charge in [-0.15, -0.1) is 0 Å². The number of nitrogens with one attached hydrogen (secondary N) is 2. The standard InChI is InChI=1S/C23H27ClN4O3/c1-15-3-5-18(24)14-20(15)28-11-9-27(10-12-28)8-7-16(2)25-22(29)17-4-6-19-21(13-17)31-23(30)26-19/h3-6,13-14,16H,7-12H2,1-2H3,(H,25,29)(H,26,30). The normalized spacial score (nSPS) is 15.9. The lowest BCUT2D eigenvalue weighted by molar-refractivity contribution is 0.0935. The van der Waals surface area contributed by atoms with Crippen molar-refractivity contribution in [3.8, 4) is 0 Å². The molecule has 3 aromatic rings. The molecule has 1 aliphatic rings. The summed E-state index contributed by atoms with van der Waals surface area (Å²) in [5, 5.41) is 3.80. The molecule has 2 N–H and O–H groups in total. The van der Waals surface area contributed by atoms with Gasteiger partial charge in [0.2, 0.25) is 0 Å². The second-order valence-electron chi connectivity index (χ2n) is 8.15. The van der Waals surface area contributed by atoms with Crippen molar-refractivity contribution in [2.75, 3.05) is 37.6 Å². The highest BCUT2D eigenvalue weighted by atomic mass is 35.5. The lowest BCUT2D eigenvalue weighted by Gasteiger charge is -2.37. The first kappa shape index (κ1) is 21.5. The number of aromatic amines is 1. The molecule has 0 radical (unpaired) electrons. The molecule has 164 valence electrons.